The van der Waals surface area contributed by atoms with E-state index in [1.165, 1.54) is 0 Å². The second kappa shape index (κ2) is 9.74. The summed E-state index contributed by atoms with van der Waals surface area (Å²) in [5.74, 6) is -6.33. The van der Waals surface area contributed by atoms with Gasteiger partial charge < -0.3 is 35.6 Å². The van der Waals surface area contributed by atoms with Crippen LogP contribution in [0.4, 0.5) is 5.69 Å². The minimum absolute atomic E-state index is 0.0482. The summed E-state index contributed by atoms with van der Waals surface area (Å²) >= 11 is 0. The number of carbonyl (C=O) groups excluding carboxylic acids is 3. The summed E-state index contributed by atoms with van der Waals surface area (Å²) in [6.45, 7) is 2.46. The van der Waals surface area contributed by atoms with Crippen molar-refractivity contribution in [1.82, 2.24) is 4.90 Å². The average Bonchev–Trinajstić information content (AvgIpc) is 2.81. The van der Waals surface area contributed by atoms with Crippen LogP contribution in [-0.2, 0) is 20.8 Å². The van der Waals surface area contributed by atoms with E-state index in [0.29, 0.717) is 24.3 Å². The largest absolute Gasteiger partial charge is 0.507 e. The molecule has 0 bridgehead atoms. The molecule has 1 aromatic carbocycles. The van der Waals surface area contributed by atoms with Crippen LogP contribution >= 0.6 is 0 Å². The van der Waals surface area contributed by atoms with E-state index in [1.807, 2.05) is 32.0 Å². The first-order valence-corrected chi connectivity index (χ1v) is 12.7. The maximum absolute atomic E-state index is 14.0. The quantitative estimate of drug-likeness (QED) is 0.303. The second-order valence-electron chi connectivity index (χ2n) is 10.8. The SMILES string of the molecule is CCCCOc1ccc(N(C)C)c2c1C(O)=C1C(=O)[C@@]3(O)C(=O)C(C(N)=O)C(O)[C@H](N(C)C)[C@H]3C[C@H]1C2. The number of Topliss-reactive ketones (excluding diaryl/α,β-unsaturated/α-hetero) is 2. The van der Waals surface area contributed by atoms with E-state index in [9.17, 15) is 29.7 Å². The highest BCUT2D eigenvalue weighted by atomic mass is 16.5. The molecule has 6 atom stereocenters. The zero-order valence-electron chi connectivity index (χ0n) is 22.0. The van der Waals surface area contributed by atoms with Crippen molar-refractivity contribution in [2.24, 2.45) is 23.5 Å². The Labute approximate surface area is 216 Å². The number of benzene rings is 1. The first kappa shape index (κ1) is 27.1. The Hall–Kier alpha value is -2.95. The van der Waals surface area contributed by atoms with Crippen molar-refractivity contribution in [3.63, 3.8) is 0 Å². The third-order valence-electron chi connectivity index (χ3n) is 8.17. The molecule has 0 spiro atoms. The molecule has 1 amide bonds. The highest BCUT2D eigenvalue weighted by Crippen LogP contribution is 2.53. The summed E-state index contributed by atoms with van der Waals surface area (Å²) in [4.78, 5) is 43.1. The van der Waals surface area contributed by atoms with Gasteiger partial charge in [-0.2, -0.15) is 0 Å². The molecular formula is C27H37N3O7. The Morgan fingerprint density at radius 1 is 1.22 bits per heavy atom. The summed E-state index contributed by atoms with van der Waals surface area (Å²) in [6, 6.07) is 2.78. The normalized spacial score (nSPS) is 31.1. The summed E-state index contributed by atoms with van der Waals surface area (Å²) in [5.41, 5.74) is 4.83. The van der Waals surface area contributed by atoms with Gasteiger partial charge in [0.25, 0.3) is 0 Å². The van der Waals surface area contributed by atoms with Gasteiger partial charge in [-0.05, 0) is 57.0 Å². The van der Waals surface area contributed by atoms with E-state index in [2.05, 4.69) is 0 Å². The monoisotopic (exact) mass is 515 g/mol. The van der Waals surface area contributed by atoms with Gasteiger partial charge in [-0.1, -0.05) is 13.3 Å². The number of unbranched alkanes of at least 4 members (excludes halogenated alkanes) is 1. The zero-order chi connectivity index (χ0) is 27.4. The van der Waals surface area contributed by atoms with Gasteiger partial charge in [0.15, 0.2) is 11.4 Å². The number of nitrogens with zero attached hydrogens (tertiary/aromatic N) is 2. The molecule has 5 N–H and O–H groups in total. The second-order valence-corrected chi connectivity index (χ2v) is 10.8. The standard InChI is InChI=1S/C27H37N3O7/c1-6-7-10-37-17-9-8-16(29(2)3)14-11-13-12-15-21(30(4)5)23(32)20(26(28)35)25(34)27(15,36)24(33)18(13)22(31)19(14)17/h8-9,13,15,20-21,23,31-32,36H,6-7,10-12H2,1-5H3,(H2,28,35)/t13-,15-,20?,21-,23?,27-/m1/s1. The van der Waals surface area contributed by atoms with E-state index in [-0.39, 0.29) is 17.8 Å². The van der Waals surface area contributed by atoms with Crippen LogP contribution in [0.1, 0.15) is 37.3 Å². The van der Waals surface area contributed by atoms with Gasteiger partial charge in [-0.25, -0.2) is 0 Å². The number of fused-ring (bicyclic) bond motifs is 3. The molecule has 2 saturated carbocycles. The smallest absolute Gasteiger partial charge is 0.230 e. The number of aliphatic hydroxyl groups is 3. The molecule has 4 rings (SSSR count). The third-order valence-corrected chi connectivity index (χ3v) is 8.17. The Morgan fingerprint density at radius 2 is 1.89 bits per heavy atom. The predicted molar refractivity (Wildman–Crippen MR) is 137 cm³/mol. The Balaban J connectivity index is 1.90. The van der Waals surface area contributed by atoms with Gasteiger partial charge in [0, 0.05) is 37.3 Å². The van der Waals surface area contributed by atoms with Gasteiger partial charge in [-0.3, -0.25) is 14.4 Å². The molecular weight excluding hydrogens is 478 g/mol. The topological polar surface area (TPSA) is 154 Å². The average molecular weight is 516 g/mol. The fourth-order valence-electron chi connectivity index (χ4n) is 6.44. The molecule has 10 nitrogen and oxygen atoms in total. The number of nitrogens with two attached hydrogens (primary N) is 1. The van der Waals surface area contributed by atoms with Crippen LogP contribution in [-0.4, -0.2) is 90.2 Å². The van der Waals surface area contributed by atoms with E-state index >= 15 is 0 Å². The Morgan fingerprint density at radius 3 is 2.46 bits per heavy atom. The molecule has 2 fully saturated rings. The number of hydrogen-bond donors (Lipinski definition) is 4. The maximum Gasteiger partial charge on any atom is 0.230 e. The van der Waals surface area contributed by atoms with Crippen molar-refractivity contribution in [3.05, 3.63) is 28.8 Å². The van der Waals surface area contributed by atoms with Gasteiger partial charge in [0.05, 0.1) is 18.3 Å². The zero-order valence-corrected chi connectivity index (χ0v) is 22.0. The van der Waals surface area contributed by atoms with Crippen molar-refractivity contribution in [2.45, 2.75) is 50.4 Å². The fourth-order valence-corrected chi connectivity index (χ4v) is 6.44. The number of aliphatic hydroxyl groups excluding tert-OH is 2. The molecule has 0 heterocycles. The highest BCUT2D eigenvalue weighted by molar-refractivity contribution is 6.25. The number of likely N-dealkylation sites (N-methyl/N-ethyl adjacent to an activating group) is 1. The van der Waals surface area contributed by atoms with Crippen molar-refractivity contribution in [3.8, 4) is 5.75 Å². The maximum atomic E-state index is 14.0. The lowest BCUT2D eigenvalue weighted by Gasteiger charge is -2.53. The first-order chi connectivity index (χ1) is 17.4. The lowest BCUT2D eigenvalue weighted by atomic mass is 9.54. The van der Waals surface area contributed by atoms with Crippen molar-refractivity contribution in [2.75, 3.05) is 39.7 Å². The van der Waals surface area contributed by atoms with E-state index in [4.69, 9.17) is 10.5 Å². The summed E-state index contributed by atoms with van der Waals surface area (Å²) in [5, 5.41) is 34.3. The van der Waals surface area contributed by atoms with Gasteiger partial charge in [0.2, 0.25) is 11.7 Å². The molecule has 0 aliphatic heterocycles. The van der Waals surface area contributed by atoms with Crippen LogP contribution in [0.3, 0.4) is 0 Å². The lowest BCUT2D eigenvalue weighted by molar-refractivity contribution is -0.184. The number of rotatable bonds is 7. The molecule has 202 valence electrons. The van der Waals surface area contributed by atoms with Gasteiger partial charge in [-0.15, -0.1) is 0 Å². The van der Waals surface area contributed by atoms with Crippen LogP contribution in [0.2, 0.25) is 0 Å². The van der Waals surface area contributed by atoms with Crippen molar-refractivity contribution < 1.29 is 34.4 Å². The molecule has 1 aromatic rings. The number of amides is 1. The lowest BCUT2D eigenvalue weighted by Crippen LogP contribution is -2.73. The van der Waals surface area contributed by atoms with Crippen LogP contribution in [0, 0.1) is 17.8 Å². The minimum Gasteiger partial charge on any atom is -0.507 e. The summed E-state index contributed by atoms with van der Waals surface area (Å²) in [6.07, 6.45) is 0.759. The molecule has 3 aliphatic rings. The summed E-state index contributed by atoms with van der Waals surface area (Å²) < 4.78 is 5.97. The molecule has 2 unspecified atom stereocenters. The number of ketones is 2. The molecule has 10 heteroatoms. The minimum atomic E-state index is -2.60. The predicted octanol–water partition coefficient (Wildman–Crippen LogP) is 0.668. The number of anilines is 1. The van der Waals surface area contributed by atoms with Crippen LogP contribution in [0.5, 0.6) is 5.75 Å². The number of ether oxygens (including phenoxy) is 1. The van der Waals surface area contributed by atoms with Crippen molar-refractivity contribution >= 4 is 28.9 Å². The van der Waals surface area contributed by atoms with Crippen LogP contribution < -0.4 is 15.4 Å². The number of carbonyl (C=O) groups is 3. The Bertz CT molecular complexity index is 1160. The first-order valence-electron chi connectivity index (χ1n) is 12.7. The molecule has 37 heavy (non-hydrogen) atoms. The highest BCUT2D eigenvalue weighted by Gasteiger charge is 2.67. The van der Waals surface area contributed by atoms with E-state index < -0.39 is 53.0 Å². The molecule has 0 radical (unpaired) electrons. The molecule has 0 aromatic heterocycles. The van der Waals surface area contributed by atoms with E-state index in [0.717, 1.165) is 24.1 Å². The molecule has 0 saturated heterocycles. The fraction of sp³-hybridized carbons (Fsp3) is 0.593. The molecule has 3 aliphatic carbocycles. The van der Waals surface area contributed by atoms with Crippen molar-refractivity contribution in [1.29, 1.82) is 0 Å². The third kappa shape index (κ3) is 4.02. The number of primary amides is 1. The number of hydrogen-bond acceptors (Lipinski definition) is 9. The van der Waals surface area contributed by atoms with Gasteiger partial charge in [0.1, 0.15) is 17.4 Å². The van der Waals surface area contributed by atoms with Gasteiger partial charge >= 0.3 is 0 Å². The van der Waals surface area contributed by atoms with Crippen LogP contribution in [0.25, 0.3) is 5.76 Å². The van der Waals surface area contributed by atoms with E-state index in [1.54, 1.807) is 25.1 Å². The Kier molecular flexibility index (Phi) is 7.13. The summed E-state index contributed by atoms with van der Waals surface area (Å²) in [7, 11) is 7.07. The van der Waals surface area contributed by atoms with Crippen LogP contribution in [0.15, 0.2) is 17.7 Å².